The van der Waals surface area contributed by atoms with E-state index < -0.39 is 0 Å². The van der Waals surface area contributed by atoms with Gasteiger partial charge < -0.3 is 4.74 Å². The van der Waals surface area contributed by atoms with Gasteiger partial charge in [0.25, 0.3) is 0 Å². The molecule has 0 spiro atoms. The largest absolute Gasteiger partial charge is 0.497 e. The van der Waals surface area contributed by atoms with E-state index in [-0.39, 0.29) is 5.82 Å². The van der Waals surface area contributed by atoms with Gasteiger partial charge in [-0.2, -0.15) is 5.10 Å². The molecule has 1 aromatic carbocycles. The molecular formula is C10H9N4O+. The fourth-order valence-electron chi connectivity index (χ4n) is 1.28. The smallest absolute Gasteiger partial charge is 0.488 e. The lowest BCUT2D eigenvalue weighted by Gasteiger charge is -1.99. The van der Waals surface area contributed by atoms with Crippen molar-refractivity contribution in [2.24, 2.45) is 0 Å². The second kappa shape index (κ2) is 3.80. The maximum atomic E-state index is 8.50. The van der Waals surface area contributed by atoms with E-state index in [0.717, 1.165) is 17.0 Å². The number of H-pyrrole nitrogens is 1. The first-order valence-corrected chi connectivity index (χ1v) is 4.38. The molecule has 5 nitrogen and oxygen atoms in total. The van der Waals surface area contributed by atoms with Crippen molar-refractivity contribution in [1.82, 2.24) is 10.2 Å². The first-order valence-electron chi connectivity index (χ1n) is 4.38. The summed E-state index contributed by atoms with van der Waals surface area (Å²) in [5.41, 5.74) is 1.75. The van der Waals surface area contributed by atoms with Gasteiger partial charge in [0.05, 0.1) is 29.4 Å². The molecule has 0 amide bonds. The molecule has 74 valence electrons. The second-order valence-corrected chi connectivity index (χ2v) is 2.97. The number of rotatable bonds is 2. The molecule has 0 atom stereocenters. The maximum Gasteiger partial charge on any atom is 0.488 e. The third-order valence-corrected chi connectivity index (χ3v) is 2.07. The number of hydrogen-bond acceptors (Lipinski definition) is 3. The van der Waals surface area contributed by atoms with E-state index in [9.17, 15) is 0 Å². The zero-order valence-corrected chi connectivity index (χ0v) is 8.14. The molecular weight excluding hydrogens is 192 g/mol. The van der Waals surface area contributed by atoms with Crippen molar-refractivity contribution in [1.29, 1.82) is 5.39 Å². The molecule has 1 heterocycles. The summed E-state index contributed by atoms with van der Waals surface area (Å²) in [7, 11) is 1.62. The Morgan fingerprint density at radius 2 is 2.07 bits per heavy atom. The molecule has 2 rings (SSSR count). The molecule has 0 bridgehead atoms. The number of diazo groups is 1. The van der Waals surface area contributed by atoms with Crippen molar-refractivity contribution in [2.75, 3.05) is 7.11 Å². The predicted molar refractivity (Wildman–Crippen MR) is 55.3 cm³/mol. The van der Waals surface area contributed by atoms with Crippen LogP contribution < -0.4 is 4.74 Å². The van der Waals surface area contributed by atoms with Crippen molar-refractivity contribution in [3.63, 3.8) is 0 Å². The summed E-state index contributed by atoms with van der Waals surface area (Å²) >= 11 is 0. The van der Waals surface area contributed by atoms with Gasteiger partial charge in [-0.1, -0.05) is 0 Å². The number of benzene rings is 1. The number of nitrogens with zero attached hydrogens (tertiary/aromatic N) is 3. The van der Waals surface area contributed by atoms with Crippen LogP contribution >= 0.6 is 0 Å². The average molecular weight is 201 g/mol. The van der Waals surface area contributed by atoms with Crippen LogP contribution in [0.3, 0.4) is 0 Å². The average Bonchev–Trinajstić information content (AvgIpc) is 2.78. The monoisotopic (exact) mass is 201 g/mol. The number of nitrogens with one attached hydrogen (secondary N) is 1. The van der Waals surface area contributed by atoms with E-state index in [0.29, 0.717) is 0 Å². The van der Waals surface area contributed by atoms with Crippen LogP contribution in [0.4, 0.5) is 5.82 Å². The van der Waals surface area contributed by atoms with Crippen LogP contribution in [0.2, 0.25) is 0 Å². The lowest BCUT2D eigenvalue weighted by Crippen LogP contribution is -1.82. The summed E-state index contributed by atoms with van der Waals surface area (Å²) in [5, 5.41) is 15.0. The topological polar surface area (TPSA) is 66.1 Å². The predicted octanol–water partition coefficient (Wildman–Crippen LogP) is 2.57. The van der Waals surface area contributed by atoms with Crippen molar-refractivity contribution in [2.45, 2.75) is 0 Å². The molecule has 0 fully saturated rings. The van der Waals surface area contributed by atoms with E-state index in [2.05, 4.69) is 15.2 Å². The molecule has 0 radical (unpaired) electrons. The Bertz CT molecular complexity index is 495. The number of methoxy groups -OCH3 is 1. The van der Waals surface area contributed by atoms with Crippen LogP contribution in [0.1, 0.15) is 0 Å². The van der Waals surface area contributed by atoms with Crippen molar-refractivity contribution < 1.29 is 4.74 Å². The Balaban J connectivity index is 2.33. The Morgan fingerprint density at radius 3 is 2.60 bits per heavy atom. The highest BCUT2D eigenvalue weighted by Crippen LogP contribution is 2.23. The third-order valence-electron chi connectivity index (χ3n) is 2.07. The summed E-state index contributed by atoms with van der Waals surface area (Å²) in [4.78, 5) is 2.98. The normalized spacial score (nSPS) is 9.60. The molecule has 0 unspecified atom stereocenters. The second-order valence-electron chi connectivity index (χ2n) is 2.97. The van der Waals surface area contributed by atoms with Gasteiger partial charge in [-0.3, -0.25) is 0 Å². The van der Waals surface area contributed by atoms with Gasteiger partial charge in [-0.15, -0.1) is 0 Å². The molecule has 0 aliphatic carbocycles. The third kappa shape index (κ3) is 1.79. The minimum atomic E-state index is 0.265. The van der Waals surface area contributed by atoms with Crippen LogP contribution in [-0.2, 0) is 0 Å². The lowest BCUT2D eigenvalue weighted by molar-refractivity contribution is 0.415. The van der Waals surface area contributed by atoms with E-state index >= 15 is 0 Å². The molecule has 15 heavy (non-hydrogen) atoms. The Morgan fingerprint density at radius 1 is 1.33 bits per heavy atom. The fraction of sp³-hybridized carbons (Fsp3) is 0.100. The van der Waals surface area contributed by atoms with Gasteiger partial charge in [0.15, 0.2) is 0 Å². The van der Waals surface area contributed by atoms with Gasteiger partial charge in [0, 0.05) is 10.5 Å². The fourth-order valence-corrected chi connectivity index (χ4v) is 1.28. The highest BCUT2D eigenvalue weighted by Gasteiger charge is 2.12. The van der Waals surface area contributed by atoms with Crippen LogP contribution in [0.15, 0.2) is 30.3 Å². The number of hydrogen-bond donors (Lipinski definition) is 1. The summed E-state index contributed by atoms with van der Waals surface area (Å²) in [6.45, 7) is 0. The molecule has 5 heteroatoms. The first-order chi connectivity index (χ1) is 7.33. The van der Waals surface area contributed by atoms with Gasteiger partial charge >= 0.3 is 5.82 Å². The van der Waals surface area contributed by atoms with Gasteiger partial charge in [0.1, 0.15) is 5.75 Å². The SMILES string of the molecule is COc1ccc(-c2cc([N+]#N)n[nH]2)cc1. The van der Waals surface area contributed by atoms with Crippen molar-refractivity contribution in [3.8, 4) is 17.0 Å². The highest BCUT2D eigenvalue weighted by molar-refractivity contribution is 5.63. The molecule has 0 aliphatic rings. The number of ether oxygens (including phenoxy) is 1. The Kier molecular flexibility index (Phi) is 2.33. The van der Waals surface area contributed by atoms with Crippen molar-refractivity contribution in [3.05, 3.63) is 35.3 Å². The maximum absolute atomic E-state index is 8.50. The van der Waals surface area contributed by atoms with Crippen LogP contribution in [-0.4, -0.2) is 17.3 Å². The lowest BCUT2D eigenvalue weighted by atomic mass is 10.1. The number of aromatic amines is 1. The summed E-state index contributed by atoms with van der Waals surface area (Å²) in [5.74, 6) is 1.06. The summed E-state index contributed by atoms with van der Waals surface area (Å²) < 4.78 is 5.05. The van der Waals surface area contributed by atoms with Crippen LogP contribution in [0.5, 0.6) is 5.75 Å². The Hall–Kier alpha value is -2.35. The van der Waals surface area contributed by atoms with Gasteiger partial charge in [0.2, 0.25) is 0 Å². The van der Waals surface area contributed by atoms with E-state index in [1.54, 1.807) is 13.2 Å². The van der Waals surface area contributed by atoms with E-state index in [1.165, 1.54) is 0 Å². The molecule has 0 saturated heterocycles. The highest BCUT2D eigenvalue weighted by atomic mass is 16.5. The van der Waals surface area contributed by atoms with Gasteiger partial charge in [-0.05, 0) is 24.3 Å². The minimum Gasteiger partial charge on any atom is -0.497 e. The van der Waals surface area contributed by atoms with Crippen LogP contribution in [0.25, 0.3) is 16.2 Å². The standard InChI is InChI=1S/C10H9N4O/c1-15-8-4-2-7(3-5-8)9-6-10(12-11)14-13-9/h2-6H,1H3,(H,13,14)/q+1. The van der Waals surface area contributed by atoms with Crippen LogP contribution in [0, 0.1) is 5.39 Å². The minimum absolute atomic E-state index is 0.265. The van der Waals surface area contributed by atoms with E-state index in [1.807, 2.05) is 24.3 Å². The molecule has 0 saturated carbocycles. The zero-order chi connectivity index (χ0) is 10.7. The zero-order valence-electron chi connectivity index (χ0n) is 8.14. The summed E-state index contributed by atoms with van der Waals surface area (Å²) in [6, 6.07) is 9.15. The molecule has 1 aromatic heterocycles. The molecule has 1 N–H and O–H groups in total. The number of aromatic nitrogens is 2. The quantitative estimate of drug-likeness (QED) is 0.759. The van der Waals surface area contributed by atoms with Crippen molar-refractivity contribution >= 4 is 5.82 Å². The van der Waals surface area contributed by atoms with E-state index in [4.69, 9.17) is 10.1 Å². The van der Waals surface area contributed by atoms with Gasteiger partial charge in [-0.25, -0.2) is 0 Å². The first kappa shape index (κ1) is 9.21. The Labute approximate surface area is 86.3 Å². The molecule has 0 aliphatic heterocycles. The summed E-state index contributed by atoms with van der Waals surface area (Å²) in [6.07, 6.45) is 0. The molecule has 2 aromatic rings.